The molecule has 32 heavy (non-hydrogen) atoms. The first-order chi connectivity index (χ1) is 14.9. The number of carbonyl (C=O) groups is 1. The first-order valence-electron chi connectivity index (χ1n) is 8.13. The number of hydrogen-bond acceptors (Lipinski definition) is 2. The van der Waals surface area contributed by atoms with Crippen LogP contribution in [0.15, 0.2) is 12.1 Å². The minimum Gasteiger partial charge on any atom is -0.481 e. The molecule has 0 aliphatic heterocycles. The van der Waals surface area contributed by atoms with E-state index in [0.29, 0.717) is 0 Å². The summed E-state index contributed by atoms with van der Waals surface area (Å²) >= 11 is 62.8. The number of aromatic nitrogens is 1. The summed E-state index contributed by atoms with van der Waals surface area (Å²) in [5.41, 5.74) is 0.727. The third-order valence-electron chi connectivity index (χ3n) is 4.21. The Bertz CT molecular complexity index is 1230. The first kappa shape index (κ1) is 26.6. The smallest absolute Gasteiger partial charge is 0.309 e. The average Bonchev–Trinajstić information content (AvgIpc) is 2.74. The maximum absolute atomic E-state index is 11.2. The molecule has 0 radical (unpaired) electrons. The Kier molecular flexibility index (Phi) is 8.54. The molecule has 0 aliphatic carbocycles. The first-order valence-corrected chi connectivity index (χ1v) is 11.9. The Morgan fingerprint density at radius 3 is 1.41 bits per heavy atom. The number of carboxylic acid groups (broad SMARTS) is 1. The van der Waals surface area contributed by atoms with Crippen LogP contribution < -0.4 is 0 Å². The fourth-order valence-corrected chi connectivity index (χ4v) is 5.46. The molecule has 2 aromatic carbocycles. The van der Waals surface area contributed by atoms with Gasteiger partial charge in [0.05, 0.1) is 68.0 Å². The molecule has 1 N–H and O–H groups in total. The molecule has 0 fully saturated rings. The van der Waals surface area contributed by atoms with Crippen LogP contribution in [0.3, 0.4) is 0 Å². The molecule has 3 aromatic rings. The van der Waals surface area contributed by atoms with Gasteiger partial charge in [-0.2, -0.15) is 0 Å². The van der Waals surface area contributed by atoms with Crippen LogP contribution in [-0.4, -0.2) is 16.1 Å². The average molecular weight is 634 g/mol. The van der Waals surface area contributed by atoms with E-state index in [0.717, 1.165) is 0 Å². The summed E-state index contributed by atoms with van der Waals surface area (Å²) in [6.07, 6.45) is -0.402. The lowest BCUT2D eigenvalue weighted by Crippen LogP contribution is -2.04. The van der Waals surface area contributed by atoms with Crippen LogP contribution in [0.25, 0.3) is 22.4 Å². The van der Waals surface area contributed by atoms with Crippen molar-refractivity contribution < 1.29 is 9.90 Å². The van der Waals surface area contributed by atoms with Gasteiger partial charge in [0.1, 0.15) is 0 Å². The fourth-order valence-electron chi connectivity index (χ4n) is 2.80. The number of halogens is 10. The van der Waals surface area contributed by atoms with Crippen molar-refractivity contribution in [3.05, 3.63) is 68.1 Å². The summed E-state index contributed by atoms with van der Waals surface area (Å²) in [5, 5.41) is 8.60. The molecular weight excluding hydrogens is 629 g/mol. The summed E-state index contributed by atoms with van der Waals surface area (Å²) < 4.78 is 0. The SMILES string of the molecule is O=C(O)Cc1ccc(-c2c(Cl)c(Cl)c(Cl)c(Cl)c2Cl)c(-c2c(Cl)c(Cl)c(Cl)c(Cl)c2Cl)n1. The summed E-state index contributed by atoms with van der Waals surface area (Å²) in [6.45, 7) is 0. The summed E-state index contributed by atoms with van der Waals surface area (Å²) in [5.74, 6) is -1.12. The van der Waals surface area contributed by atoms with Crippen molar-refractivity contribution in [2.24, 2.45) is 0 Å². The van der Waals surface area contributed by atoms with Crippen LogP contribution >= 0.6 is 116 Å². The molecule has 0 bridgehead atoms. The van der Waals surface area contributed by atoms with Gasteiger partial charge < -0.3 is 5.11 Å². The highest BCUT2D eigenvalue weighted by molar-refractivity contribution is 6.58. The zero-order chi connectivity index (χ0) is 24.1. The number of pyridine rings is 1. The van der Waals surface area contributed by atoms with Crippen molar-refractivity contribution in [1.82, 2.24) is 4.98 Å². The topological polar surface area (TPSA) is 50.2 Å². The Morgan fingerprint density at radius 1 is 0.625 bits per heavy atom. The molecule has 0 atom stereocenters. The highest BCUT2D eigenvalue weighted by atomic mass is 35.5. The van der Waals surface area contributed by atoms with E-state index in [1.807, 2.05) is 0 Å². The maximum atomic E-state index is 11.2. The molecule has 13 heteroatoms. The van der Waals surface area contributed by atoms with Gasteiger partial charge in [0, 0.05) is 16.7 Å². The van der Waals surface area contributed by atoms with E-state index < -0.39 is 12.4 Å². The van der Waals surface area contributed by atoms with Crippen LogP contribution in [0, 0.1) is 0 Å². The third kappa shape index (κ3) is 4.72. The second-order valence-corrected chi connectivity index (χ2v) is 9.94. The minimum atomic E-state index is -1.12. The normalized spacial score (nSPS) is 11.2. The molecule has 0 aliphatic rings. The zero-order valence-corrected chi connectivity index (χ0v) is 22.5. The summed E-state index contributed by atoms with van der Waals surface area (Å²) in [7, 11) is 0. The summed E-state index contributed by atoms with van der Waals surface area (Å²) in [6, 6.07) is 2.97. The zero-order valence-electron chi connectivity index (χ0n) is 14.9. The van der Waals surface area contributed by atoms with E-state index in [1.165, 1.54) is 12.1 Å². The highest BCUT2D eigenvalue weighted by Gasteiger charge is 2.28. The number of rotatable bonds is 4. The molecular formula is C19H5Cl10NO2. The largest absolute Gasteiger partial charge is 0.481 e. The van der Waals surface area contributed by atoms with Crippen LogP contribution in [0.5, 0.6) is 0 Å². The minimum absolute atomic E-state index is 0.0292. The number of aliphatic carboxylic acids is 1. The lowest BCUT2D eigenvalue weighted by Gasteiger charge is -2.19. The molecule has 3 rings (SSSR count). The van der Waals surface area contributed by atoms with Crippen LogP contribution in [0.1, 0.15) is 5.69 Å². The maximum Gasteiger partial charge on any atom is 0.309 e. The van der Waals surface area contributed by atoms with Crippen molar-refractivity contribution in [2.45, 2.75) is 6.42 Å². The van der Waals surface area contributed by atoms with E-state index in [4.69, 9.17) is 116 Å². The van der Waals surface area contributed by atoms with Gasteiger partial charge in [0.2, 0.25) is 0 Å². The van der Waals surface area contributed by atoms with Crippen molar-refractivity contribution in [3.8, 4) is 22.4 Å². The molecule has 1 heterocycles. The van der Waals surface area contributed by atoms with Gasteiger partial charge in [-0.15, -0.1) is 0 Å². The quantitative estimate of drug-likeness (QED) is 0.230. The lowest BCUT2D eigenvalue weighted by molar-refractivity contribution is -0.136. The van der Waals surface area contributed by atoms with Gasteiger partial charge in [-0.25, -0.2) is 0 Å². The van der Waals surface area contributed by atoms with Crippen LogP contribution in [0.2, 0.25) is 50.2 Å². The monoisotopic (exact) mass is 629 g/mol. The predicted octanol–water partition coefficient (Wildman–Crippen LogP) is 10.6. The lowest BCUT2D eigenvalue weighted by atomic mass is 9.98. The summed E-state index contributed by atoms with van der Waals surface area (Å²) in [4.78, 5) is 15.7. The molecule has 0 unspecified atom stereocenters. The van der Waals surface area contributed by atoms with Crippen LogP contribution in [-0.2, 0) is 11.2 Å². The highest BCUT2D eigenvalue weighted by Crippen LogP contribution is 2.53. The van der Waals surface area contributed by atoms with E-state index >= 15 is 0 Å². The van der Waals surface area contributed by atoms with E-state index in [-0.39, 0.29) is 78.3 Å². The molecule has 168 valence electrons. The molecule has 0 spiro atoms. The van der Waals surface area contributed by atoms with Gasteiger partial charge in [0.15, 0.2) is 0 Å². The van der Waals surface area contributed by atoms with E-state index in [9.17, 15) is 9.90 Å². The van der Waals surface area contributed by atoms with Crippen molar-refractivity contribution >= 4 is 122 Å². The second kappa shape index (κ2) is 10.3. The fraction of sp³-hybridized carbons (Fsp3) is 0.0526. The van der Waals surface area contributed by atoms with Gasteiger partial charge >= 0.3 is 5.97 Å². The van der Waals surface area contributed by atoms with Gasteiger partial charge in [0.25, 0.3) is 0 Å². The molecule has 0 saturated heterocycles. The van der Waals surface area contributed by atoms with E-state index in [2.05, 4.69) is 4.98 Å². The van der Waals surface area contributed by atoms with Crippen molar-refractivity contribution in [3.63, 3.8) is 0 Å². The Morgan fingerprint density at radius 2 is 1.00 bits per heavy atom. The number of hydrogen-bond donors (Lipinski definition) is 1. The van der Waals surface area contributed by atoms with Gasteiger partial charge in [-0.3, -0.25) is 9.78 Å². The predicted molar refractivity (Wildman–Crippen MR) is 137 cm³/mol. The molecule has 3 nitrogen and oxygen atoms in total. The Balaban J connectivity index is 2.50. The molecule has 1 aromatic heterocycles. The third-order valence-corrected chi connectivity index (χ3v) is 8.76. The van der Waals surface area contributed by atoms with Crippen molar-refractivity contribution in [1.29, 1.82) is 0 Å². The second-order valence-electron chi connectivity index (χ2n) is 6.16. The van der Waals surface area contributed by atoms with Crippen molar-refractivity contribution in [2.75, 3.05) is 0 Å². The molecule has 0 saturated carbocycles. The molecule has 0 amide bonds. The standard InChI is InChI=1S/C19H5Cl10NO2/c20-9-7(10(21)14(25)17(28)13(9)24)5-2-1-4(3-6(31)32)30-19(5)8-11(22)15(26)18(29)16(27)12(8)23/h1-2H,3H2,(H,31,32). The Labute approximate surface area is 231 Å². The van der Waals surface area contributed by atoms with Gasteiger partial charge in [-0.05, 0) is 6.07 Å². The number of benzene rings is 2. The van der Waals surface area contributed by atoms with Crippen LogP contribution in [0.4, 0.5) is 0 Å². The number of nitrogens with zero attached hydrogens (tertiary/aromatic N) is 1. The van der Waals surface area contributed by atoms with E-state index in [1.54, 1.807) is 0 Å². The Hall–Kier alpha value is -0.0400. The number of carboxylic acids is 1. The van der Waals surface area contributed by atoms with Gasteiger partial charge in [-0.1, -0.05) is 122 Å².